The van der Waals surface area contributed by atoms with Crippen LogP contribution in [0.4, 0.5) is 13.6 Å². The van der Waals surface area contributed by atoms with Gasteiger partial charge < -0.3 is 10.2 Å². The normalized spacial score (nSPS) is 17.1. The number of aryl methyl sites for hydroxylation is 2. The molecule has 1 aromatic heterocycles. The second kappa shape index (κ2) is 7.21. The highest BCUT2D eigenvalue weighted by Gasteiger charge is 2.32. The fourth-order valence-electron chi connectivity index (χ4n) is 3.51. The number of nitrogens with one attached hydrogen (secondary N) is 2. The molecule has 1 aliphatic rings. The summed E-state index contributed by atoms with van der Waals surface area (Å²) in [7, 11) is 0. The van der Waals surface area contributed by atoms with E-state index in [0.717, 1.165) is 35.9 Å². The minimum absolute atomic E-state index is 0.00431. The summed E-state index contributed by atoms with van der Waals surface area (Å²) >= 11 is 0. The SMILES string of the molecule is Cc1n[nH]c(C)c1C1CCCN1C(=O)NCCc1cccc(F)c1F. The fourth-order valence-corrected chi connectivity index (χ4v) is 3.51. The van der Waals surface area contributed by atoms with E-state index in [1.807, 2.05) is 13.8 Å². The Morgan fingerprint density at radius 2 is 2.20 bits per heavy atom. The molecule has 2 heterocycles. The number of nitrogens with zero attached hydrogens (tertiary/aromatic N) is 2. The van der Waals surface area contributed by atoms with E-state index in [-0.39, 0.29) is 30.6 Å². The van der Waals surface area contributed by atoms with Gasteiger partial charge in [0.2, 0.25) is 0 Å². The average Bonchev–Trinajstić information content (AvgIpc) is 3.18. The summed E-state index contributed by atoms with van der Waals surface area (Å²) in [6.45, 7) is 4.82. The molecule has 0 spiro atoms. The Balaban J connectivity index is 1.62. The largest absolute Gasteiger partial charge is 0.338 e. The second-order valence-electron chi connectivity index (χ2n) is 6.39. The summed E-state index contributed by atoms with van der Waals surface area (Å²) in [5, 5.41) is 10.00. The van der Waals surface area contributed by atoms with E-state index in [9.17, 15) is 13.6 Å². The average molecular weight is 348 g/mol. The van der Waals surface area contributed by atoms with Crippen molar-refractivity contribution in [2.45, 2.75) is 39.2 Å². The van der Waals surface area contributed by atoms with Gasteiger partial charge in [-0.3, -0.25) is 5.10 Å². The lowest BCUT2D eigenvalue weighted by Gasteiger charge is -2.25. The number of carbonyl (C=O) groups is 1. The third kappa shape index (κ3) is 3.50. The van der Waals surface area contributed by atoms with Crippen LogP contribution >= 0.6 is 0 Å². The summed E-state index contributed by atoms with van der Waals surface area (Å²) in [6.07, 6.45) is 2.07. The van der Waals surface area contributed by atoms with E-state index >= 15 is 0 Å². The molecule has 7 heteroatoms. The molecule has 1 atom stereocenters. The van der Waals surface area contributed by atoms with Gasteiger partial charge in [0.05, 0.1) is 11.7 Å². The maximum absolute atomic E-state index is 13.7. The summed E-state index contributed by atoms with van der Waals surface area (Å²) in [5.74, 6) is -1.71. The molecule has 0 aliphatic carbocycles. The van der Waals surface area contributed by atoms with Crippen molar-refractivity contribution in [1.82, 2.24) is 20.4 Å². The van der Waals surface area contributed by atoms with E-state index in [1.54, 1.807) is 4.90 Å². The highest BCUT2D eigenvalue weighted by atomic mass is 19.2. The van der Waals surface area contributed by atoms with Crippen LogP contribution in [-0.2, 0) is 6.42 Å². The first-order valence-electron chi connectivity index (χ1n) is 8.48. The zero-order valence-corrected chi connectivity index (χ0v) is 14.4. The first kappa shape index (κ1) is 17.4. The molecule has 1 aromatic carbocycles. The van der Waals surface area contributed by atoms with Gasteiger partial charge in [0.25, 0.3) is 0 Å². The van der Waals surface area contributed by atoms with E-state index in [1.165, 1.54) is 12.1 Å². The topological polar surface area (TPSA) is 61.0 Å². The van der Waals surface area contributed by atoms with Gasteiger partial charge in [0.15, 0.2) is 11.6 Å². The minimum atomic E-state index is -0.866. The number of likely N-dealkylation sites (tertiary alicyclic amines) is 1. The maximum atomic E-state index is 13.7. The molecule has 5 nitrogen and oxygen atoms in total. The van der Waals surface area contributed by atoms with Crippen LogP contribution in [0.1, 0.15) is 41.4 Å². The molecule has 3 rings (SSSR count). The summed E-state index contributed by atoms with van der Waals surface area (Å²) in [4.78, 5) is 14.3. The van der Waals surface area contributed by atoms with Gasteiger partial charge in [-0.05, 0) is 44.7 Å². The quantitative estimate of drug-likeness (QED) is 0.890. The smallest absolute Gasteiger partial charge is 0.317 e. The number of urea groups is 1. The number of carbonyl (C=O) groups excluding carboxylic acids is 1. The van der Waals surface area contributed by atoms with Gasteiger partial charge in [-0.1, -0.05) is 12.1 Å². The molecule has 0 radical (unpaired) electrons. The molecule has 0 bridgehead atoms. The Morgan fingerprint density at radius 3 is 2.92 bits per heavy atom. The molecule has 25 heavy (non-hydrogen) atoms. The van der Waals surface area contributed by atoms with Crippen molar-refractivity contribution < 1.29 is 13.6 Å². The lowest BCUT2D eigenvalue weighted by atomic mass is 10.0. The van der Waals surface area contributed by atoms with Crippen molar-refractivity contribution in [1.29, 1.82) is 0 Å². The van der Waals surface area contributed by atoms with E-state index in [2.05, 4.69) is 15.5 Å². The number of aromatic nitrogens is 2. The highest BCUT2D eigenvalue weighted by molar-refractivity contribution is 5.75. The Morgan fingerprint density at radius 1 is 1.40 bits per heavy atom. The van der Waals surface area contributed by atoms with Gasteiger partial charge >= 0.3 is 6.03 Å². The zero-order valence-electron chi connectivity index (χ0n) is 14.4. The third-order valence-corrected chi connectivity index (χ3v) is 4.73. The zero-order chi connectivity index (χ0) is 18.0. The van der Waals surface area contributed by atoms with Crippen molar-refractivity contribution in [3.63, 3.8) is 0 Å². The van der Waals surface area contributed by atoms with Gasteiger partial charge in [-0.15, -0.1) is 0 Å². The van der Waals surface area contributed by atoms with Crippen LogP contribution in [0.15, 0.2) is 18.2 Å². The predicted molar refractivity (Wildman–Crippen MR) is 90.2 cm³/mol. The van der Waals surface area contributed by atoms with Crippen LogP contribution in [0.5, 0.6) is 0 Å². The number of rotatable bonds is 4. The standard InChI is InChI=1S/C18H22F2N4O/c1-11-16(12(2)23-22-11)15-7-4-10-24(15)18(25)21-9-8-13-5-3-6-14(19)17(13)20/h3,5-6,15H,4,7-10H2,1-2H3,(H,21,25)(H,22,23). The van der Waals surface area contributed by atoms with Crippen molar-refractivity contribution in [3.8, 4) is 0 Å². The van der Waals surface area contributed by atoms with Crippen LogP contribution in [0.3, 0.4) is 0 Å². The fraction of sp³-hybridized carbons (Fsp3) is 0.444. The molecule has 0 saturated carbocycles. The molecule has 2 N–H and O–H groups in total. The highest BCUT2D eigenvalue weighted by Crippen LogP contribution is 2.34. The Labute approximate surface area is 145 Å². The summed E-state index contributed by atoms with van der Waals surface area (Å²) in [5.41, 5.74) is 3.22. The minimum Gasteiger partial charge on any atom is -0.338 e. The van der Waals surface area contributed by atoms with Crippen LogP contribution in [0, 0.1) is 25.5 Å². The lowest BCUT2D eigenvalue weighted by molar-refractivity contribution is 0.193. The van der Waals surface area contributed by atoms with Crippen LogP contribution in [0.25, 0.3) is 0 Å². The molecule has 1 saturated heterocycles. The van der Waals surface area contributed by atoms with Gasteiger partial charge in [-0.25, -0.2) is 13.6 Å². The lowest BCUT2D eigenvalue weighted by Crippen LogP contribution is -2.40. The molecule has 1 fully saturated rings. The number of amides is 2. The van der Waals surface area contributed by atoms with Crippen molar-refractivity contribution in [2.24, 2.45) is 0 Å². The first-order chi connectivity index (χ1) is 12.0. The molecule has 134 valence electrons. The summed E-state index contributed by atoms with van der Waals surface area (Å²) in [6, 6.07) is 3.91. The van der Waals surface area contributed by atoms with Crippen molar-refractivity contribution >= 4 is 6.03 Å². The first-order valence-corrected chi connectivity index (χ1v) is 8.48. The maximum Gasteiger partial charge on any atom is 0.317 e. The number of aromatic amines is 1. The molecular formula is C18H22F2N4O. The number of benzene rings is 1. The van der Waals surface area contributed by atoms with E-state index < -0.39 is 11.6 Å². The van der Waals surface area contributed by atoms with Crippen LogP contribution < -0.4 is 5.32 Å². The third-order valence-electron chi connectivity index (χ3n) is 4.73. The summed E-state index contributed by atoms with van der Waals surface area (Å²) < 4.78 is 26.9. The van der Waals surface area contributed by atoms with Crippen molar-refractivity contribution in [2.75, 3.05) is 13.1 Å². The van der Waals surface area contributed by atoms with Crippen LogP contribution in [0.2, 0.25) is 0 Å². The predicted octanol–water partition coefficient (Wildman–Crippen LogP) is 3.39. The van der Waals surface area contributed by atoms with Gasteiger partial charge in [0.1, 0.15) is 0 Å². The number of H-pyrrole nitrogens is 1. The Hall–Kier alpha value is -2.44. The van der Waals surface area contributed by atoms with Crippen LogP contribution in [-0.4, -0.2) is 34.2 Å². The number of hydrogen-bond acceptors (Lipinski definition) is 2. The van der Waals surface area contributed by atoms with Crippen molar-refractivity contribution in [3.05, 3.63) is 52.3 Å². The second-order valence-corrected chi connectivity index (χ2v) is 6.39. The molecule has 2 aromatic rings. The molecule has 2 amide bonds. The monoisotopic (exact) mass is 348 g/mol. The van der Waals surface area contributed by atoms with Gasteiger partial charge in [0, 0.05) is 24.3 Å². The number of halogens is 2. The number of hydrogen-bond donors (Lipinski definition) is 2. The molecule has 1 aliphatic heterocycles. The Bertz CT molecular complexity index is 755. The molecule has 1 unspecified atom stereocenters. The van der Waals surface area contributed by atoms with E-state index in [0.29, 0.717) is 6.54 Å². The Kier molecular flexibility index (Phi) is 5.01. The van der Waals surface area contributed by atoms with Gasteiger partial charge in [-0.2, -0.15) is 5.10 Å². The van der Waals surface area contributed by atoms with E-state index in [4.69, 9.17) is 0 Å². The molecular weight excluding hydrogens is 326 g/mol.